The first-order valence-corrected chi connectivity index (χ1v) is 5.89. The van der Waals surface area contributed by atoms with Gasteiger partial charge < -0.3 is 9.72 Å². The van der Waals surface area contributed by atoms with Crippen molar-refractivity contribution in [2.45, 2.75) is 0 Å². The van der Waals surface area contributed by atoms with Crippen LogP contribution >= 0.6 is 0 Å². The van der Waals surface area contributed by atoms with Crippen molar-refractivity contribution in [3.8, 4) is 5.75 Å². The van der Waals surface area contributed by atoms with E-state index in [0.717, 1.165) is 0 Å². The molecule has 1 heterocycles. The Kier molecular flexibility index (Phi) is 2.64. The van der Waals surface area contributed by atoms with Crippen molar-refractivity contribution in [2.24, 2.45) is 0 Å². The van der Waals surface area contributed by atoms with Gasteiger partial charge in [0, 0.05) is 10.9 Å². The molecule has 3 aromatic rings. The number of benzene rings is 2. The highest BCUT2D eigenvalue weighted by molar-refractivity contribution is 5.97. The molecule has 0 unspecified atom stereocenters. The summed E-state index contributed by atoms with van der Waals surface area (Å²) in [6.07, 6.45) is 0. The van der Waals surface area contributed by atoms with E-state index in [-0.39, 0.29) is 27.8 Å². The second kappa shape index (κ2) is 4.34. The van der Waals surface area contributed by atoms with Gasteiger partial charge in [0.05, 0.1) is 23.5 Å². The van der Waals surface area contributed by atoms with Gasteiger partial charge in [-0.3, -0.25) is 14.9 Å². The zero-order valence-electron chi connectivity index (χ0n) is 10.5. The third-order valence-corrected chi connectivity index (χ3v) is 3.20. The maximum Gasteiger partial charge on any atom is 0.297 e. The van der Waals surface area contributed by atoms with Crippen LogP contribution in [0.1, 0.15) is 0 Å². The number of rotatable bonds is 2. The SMILES string of the molecule is COc1cc([N+](=O)[O-])c2[nH]c3ccccc3c(=O)c2c1. The summed E-state index contributed by atoms with van der Waals surface area (Å²) in [7, 11) is 1.40. The van der Waals surface area contributed by atoms with Gasteiger partial charge in [0.25, 0.3) is 5.69 Å². The molecule has 0 spiro atoms. The van der Waals surface area contributed by atoms with Crippen LogP contribution in [0.2, 0.25) is 0 Å². The van der Waals surface area contributed by atoms with E-state index in [0.29, 0.717) is 10.9 Å². The number of nitro groups is 1. The topological polar surface area (TPSA) is 85.2 Å². The number of para-hydroxylation sites is 1. The molecule has 0 saturated carbocycles. The Morgan fingerprint density at radius 3 is 2.65 bits per heavy atom. The summed E-state index contributed by atoms with van der Waals surface area (Å²) in [6, 6.07) is 9.71. The smallest absolute Gasteiger partial charge is 0.297 e. The molecule has 0 aliphatic carbocycles. The number of aromatic nitrogens is 1. The molecule has 0 aliphatic rings. The Balaban J connectivity index is 2.57. The van der Waals surface area contributed by atoms with Crippen molar-refractivity contribution in [1.82, 2.24) is 4.98 Å². The Hall–Kier alpha value is -2.89. The predicted octanol–water partition coefficient (Wildman–Crippen LogP) is 2.60. The van der Waals surface area contributed by atoms with Crippen LogP contribution in [-0.2, 0) is 0 Å². The number of hydrogen-bond donors (Lipinski definition) is 1. The molecule has 0 radical (unpaired) electrons. The number of nitro benzene ring substituents is 1. The normalized spacial score (nSPS) is 10.8. The molecule has 0 saturated heterocycles. The fraction of sp³-hybridized carbons (Fsp3) is 0.0714. The van der Waals surface area contributed by atoms with E-state index < -0.39 is 4.92 Å². The highest BCUT2D eigenvalue weighted by Crippen LogP contribution is 2.29. The number of aromatic amines is 1. The number of fused-ring (bicyclic) bond motifs is 2. The van der Waals surface area contributed by atoms with Gasteiger partial charge in [0.2, 0.25) is 0 Å². The van der Waals surface area contributed by atoms with Crippen LogP contribution in [0.15, 0.2) is 41.2 Å². The first-order chi connectivity index (χ1) is 9.61. The van der Waals surface area contributed by atoms with Crippen molar-refractivity contribution in [3.63, 3.8) is 0 Å². The molecule has 3 rings (SSSR count). The third-order valence-electron chi connectivity index (χ3n) is 3.20. The summed E-state index contributed by atoms with van der Waals surface area (Å²) in [6.45, 7) is 0. The maximum absolute atomic E-state index is 12.4. The highest BCUT2D eigenvalue weighted by atomic mass is 16.6. The van der Waals surface area contributed by atoms with Crippen molar-refractivity contribution in [3.05, 3.63) is 56.7 Å². The molecule has 1 aromatic heterocycles. The Labute approximate surface area is 112 Å². The quantitative estimate of drug-likeness (QED) is 0.440. The lowest BCUT2D eigenvalue weighted by Gasteiger charge is -2.06. The lowest BCUT2D eigenvalue weighted by atomic mass is 10.1. The summed E-state index contributed by atoms with van der Waals surface area (Å²) in [5, 5.41) is 11.9. The lowest BCUT2D eigenvalue weighted by Crippen LogP contribution is -2.06. The Bertz CT molecular complexity index is 899. The largest absolute Gasteiger partial charge is 0.496 e. The van der Waals surface area contributed by atoms with Crippen LogP contribution in [0.5, 0.6) is 5.75 Å². The molecule has 2 aromatic carbocycles. The zero-order valence-corrected chi connectivity index (χ0v) is 10.5. The van der Waals surface area contributed by atoms with E-state index in [1.807, 2.05) is 0 Å². The van der Waals surface area contributed by atoms with Gasteiger partial charge in [-0.05, 0) is 18.2 Å². The van der Waals surface area contributed by atoms with Crippen molar-refractivity contribution >= 4 is 27.5 Å². The maximum atomic E-state index is 12.4. The lowest BCUT2D eigenvalue weighted by molar-refractivity contribution is -0.383. The number of methoxy groups -OCH3 is 1. The Morgan fingerprint density at radius 2 is 1.95 bits per heavy atom. The van der Waals surface area contributed by atoms with Crippen molar-refractivity contribution in [2.75, 3.05) is 7.11 Å². The minimum atomic E-state index is -0.532. The second-order valence-corrected chi connectivity index (χ2v) is 4.33. The van der Waals surface area contributed by atoms with E-state index in [1.54, 1.807) is 24.3 Å². The van der Waals surface area contributed by atoms with E-state index in [1.165, 1.54) is 19.2 Å². The number of nitrogens with zero attached hydrogens (tertiary/aromatic N) is 1. The van der Waals surface area contributed by atoms with Crippen molar-refractivity contribution in [1.29, 1.82) is 0 Å². The summed E-state index contributed by atoms with van der Waals surface area (Å²) in [5.41, 5.74) is 0.344. The Morgan fingerprint density at radius 1 is 1.20 bits per heavy atom. The molecule has 1 N–H and O–H groups in total. The predicted molar refractivity (Wildman–Crippen MR) is 75.3 cm³/mol. The molecule has 0 bridgehead atoms. The monoisotopic (exact) mass is 270 g/mol. The molecule has 6 nitrogen and oxygen atoms in total. The summed E-state index contributed by atoms with van der Waals surface area (Å²) in [5.74, 6) is 0.282. The number of ether oxygens (including phenoxy) is 1. The van der Waals surface area contributed by atoms with Gasteiger partial charge in [-0.15, -0.1) is 0 Å². The van der Waals surface area contributed by atoms with Gasteiger partial charge in [0.1, 0.15) is 11.3 Å². The van der Waals surface area contributed by atoms with Gasteiger partial charge >= 0.3 is 0 Å². The second-order valence-electron chi connectivity index (χ2n) is 4.33. The first kappa shape index (κ1) is 12.2. The van der Waals surface area contributed by atoms with Crippen LogP contribution in [0, 0.1) is 10.1 Å². The minimum Gasteiger partial charge on any atom is -0.496 e. The fourth-order valence-electron chi connectivity index (χ4n) is 2.24. The fourth-order valence-corrected chi connectivity index (χ4v) is 2.24. The van der Waals surface area contributed by atoms with Crippen LogP contribution < -0.4 is 10.2 Å². The number of non-ortho nitro benzene ring substituents is 1. The first-order valence-electron chi connectivity index (χ1n) is 5.89. The summed E-state index contributed by atoms with van der Waals surface area (Å²) in [4.78, 5) is 26.0. The molecule has 6 heteroatoms. The molecule has 0 aliphatic heterocycles. The van der Waals surface area contributed by atoms with Gasteiger partial charge in [-0.1, -0.05) is 12.1 Å². The van der Waals surface area contributed by atoms with E-state index in [2.05, 4.69) is 4.98 Å². The molecular weight excluding hydrogens is 260 g/mol. The number of hydrogen-bond acceptors (Lipinski definition) is 4. The summed E-state index contributed by atoms with van der Waals surface area (Å²) < 4.78 is 5.02. The average Bonchev–Trinajstić information content (AvgIpc) is 2.46. The third kappa shape index (κ3) is 1.70. The molecular formula is C14H10N2O4. The molecule has 100 valence electrons. The van der Waals surface area contributed by atoms with Gasteiger partial charge in [-0.2, -0.15) is 0 Å². The van der Waals surface area contributed by atoms with Gasteiger partial charge in [-0.25, -0.2) is 0 Å². The molecule has 0 fully saturated rings. The van der Waals surface area contributed by atoms with Crippen LogP contribution in [-0.4, -0.2) is 17.0 Å². The number of H-pyrrole nitrogens is 1. The molecule has 0 amide bonds. The van der Waals surface area contributed by atoms with E-state index in [9.17, 15) is 14.9 Å². The molecule has 20 heavy (non-hydrogen) atoms. The highest BCUT2D eigenvalue weighted by Gasteiger charge is 2.18. The average molecular weight is 270 g/mol. The van der Waals surface area contributed by atoms with E-state index in [4.69, 9.17) is 4.74 Å². The number of nitrogens with one attached hydrogen (secondary N) is 1. The molecule has 0 atom stereocenters. The zero-order chi connectivity index (χ0) is 14.3. The minimum absolute atomic E-state index is 0.179. The number of pyridine rings is 1. The van der Waals surface area contributed by atoms with Crippen LogP contribution in [0.25, 0.3) is 21.8 Å². The van der Waals surface area contributed by atoms with E-state index >= 15 is 0 Å². The van der Waals surface area contributed by atoms with Gasteiger partial charge in [0.15, 0.2) is 5.43 Å². The standard InChI is InChI=1S/C14H10N2O4/c1-20-8-6-10-13(12(7-8)16(18)19)15-11-5-3-2-4-9(11)14(10)17/h2-7H,1H3,(H,15,17). The van der Waals surface area contributed by atoms with Crippen LogP contribution in [0.4, 0.5) is 5.69 Å². The summed E-state index contributed by atoms with van der Waals surface area (Å²) >= 11 is 0. The van der Waals surface area contributed by atoms with Crippen LogP contribution in [0.3, 0.4) is 0 Å². The van der Waals surface area contributed by atoms with Crippen molar-refractivity contribution < 1.29 is 9.66 Å².